The first kappa shape index (κ1) is 15.8. The zero-order valence-electron chi connectivity index (χ0n) is 13.8. The van der Waals surface area contributed by atoms with Crippen molar-refractivity contribution in [3.63, 3.8) is 0 Å². The Bertz CT molecular complexity index is 604. The molecule has 6 nitrogen and oxygen atoms in total. The van der Waals surface area contributed by atoms with Gasteiger partial charge in [-0.15, -0.1) is 0 Å². The van der Waals surface area contributed by atoms with E-state index in [9.17, 15) is 9.59 Å². The lowest BCUT2D eigenvalue weighted by Gasteiger charge is -2.30. The fourth-order valence-corrected chi connectivity index (χ4v) is 3.35. The van der Waals surface area contributed by atoms with Gasteiger partial charge in [0, 0.05) is 33.2 Å². The Morgan fingerprint density at radius 2 is 2.00 bits per heavy atom. The van der Waals surface area contributed by atoms with Crippen LogP contribution in [0.4, 0.5) is 11.4 Å². The van der Waals surface area contributed by atoms with Gasteiger partial charge in [-0.05, 0) is 18.1 Å². The summed E-state index contributed by atoms with van der Waals surface area (Å²) >= 11 is 0. The van der Waals surface area contributed by atoms with Gasteiger partial charge in [0.15, 0.2) is 0 Å². The Labute approximate surface area is 137 Å². The fourth-order valence-electron chi connectivity index (χ4n) is 3.35. The highest BCUT2D eigenvalue weighted by Crippen LogP contribution is 2.32. The van der Waals surface area contributed by atoms with Crippen molar-refractivity contribution >= 4 is 23.2 Å². The zero-order chi connectivity index (χ0) is 16.4. The molecular formula is C17H24N4O2. The first-order chi connectivity index (χ1) is 11.1. The predicted octanol–water partition coefficient (Wildman–Crippen LogP) is 0.537. The smallest absolute Gasteiger partial charge is 0.246 e. The molecule has 1 fully saturated rings. The molecule has 1 saturated heterocycles. The van der Waals surface area contributed by atoms with Gasteiger partial charge < -0.3 is 20.0 Å². The second-order valence-electron chi connectivity index (χ2n) is 6.47. The largest absolute Gasteiger partial charge is 0.373 e. The van der Waals surface area contributed by atoms with E-state index in [2.05, 4.69) is 24.2 Å². The summed E-state index contributed by atoms with van der Waals surface area (Å²) < 4.78 is 0. The van der Waals surface area contributed by atoms with E-state index in [1.54, 1.807) is 4.90 Å². The van der Waals surface area contributed by atoms with Crippen molar-refractivity contribution in [1.29, 1.82) is 0 Å². The van der Waals surface area contributed by atoms with Gasteiger partial charge >= 0.3 is 0 Å². The summed E-state index contributed by atoms with van der Waals surface area (Å²) in [6.07, 6.45) is 0. The van der Waals surface area contributed by atoms with Crippen LogP contribution in [0.3, 0.4) is 0 Å². The van der Waals surface area contributed by atoms with Crippen molar-refractivity contribution in [2.45, 2.75) is 6.92 Å². The number of anilines is 2. The number of fused-ring (bicyclic) bond motifs is 1. The van der Waals surface area contributed by atoms with Crippen molar-refractivity contribution in [3.05, 3.63) is 24.3 Å². The van der Waals surface area contributed by atoms with Crippen LogP contribution < -0.4 is 15.1 Å². The number of amides is 2. The van der Waals surface area contributed by atoms with Gasteiger partial charge in [-0.3, -0.25) is 9.59 Å². The number of rotatable bonds is 2. The Morgan fingerprint density at radius 3 is 2.74 bits per heavy atom. The van der Waals surface area contributed by atoms with E-state index < -0.39 is 0 Å². The normalized spacial score (nSPS) is 21.9. The standard InChI is InChI=1S/C17H24N4O2/c1-13-10-19(2)14-5-3-4-6-15(14)21(11-13)17(23)12-20-8-7-18-9-16(20)22/h3-6,13,18H,7-12H2,1-2H3/t13-/m1/s1. The molecule has 2 aliphatic heterocycles. The molecule has 1 aromatic carbocycles. The molecule has 2 aliphatic rings. The zero-order valence-corrected chi connectivity index (χ0v) is 13.8. The lowest BCUT2D eigenvalue weighted by atomic mass is 10.1. The number of para-hydroxylation sites is 2. The van der Waals surface area contributed by atoms with Crippen LogP contribution in [0.5, 0.6) is 0 Å². The van der Waals surface area contributed by atoms with Crippen LogP contribution in [0.2, 0.25) is 0 Å². The summed E-state index contributed by atoms with van der Waals surface area (Å²) in [6.45, 7) is 5.56. The third-order valence-corrected chi connectivity index (χ3v) is 4.48. The first-order valence-corrected chi connectivity index (χ1v) is 8.15. The van der Waals surface area contributed by atoms with Gasteiger partial charge in [-0.2, -0.15) is 0 Å². The molecular weight excluding hydrogens is 292 g/mol. The Balaban J connectivity index is 1.83. The second-order valence-corrected chi connectivity index (χ2v) is 6.47. The summed E-state index contributed by atoms with van der Waals surface area (Å²) in [5.41, 5.74) is 2.00. The number of hydrogen-bond acceptors (Lipinski definition) is 4. The molecule has 1 atom stereocenters. The molecule has 6 heteroatoms. The van der Waals surface area contributed by atoms with E-state index in [1.807, 2.05) is 29.2 Å². The van der Waals surface area contributed by atoms with E-state index in [0.717, 1.165) is 24.5 Å². The van der Waals surface area contributed by atoms with E-state index in [1.165, 1.54) is 0 Å². The maximum absolute atomic E-state index is 12.9. The summed E-state index contributed by atoms with van der Waals surface area (Å²) in [5.74, 6) is 0.364. The van der Waals surface area contributed by atoms with E-state index >= 15 is 0 Å². The Morgan fingerprint density at radius 1 is 1.26 bits per heavy atom. The van der Waals surface area contributed by atoms with Crippen molar-refractivity contribution < 1.29 is 9.59 Å². The molecule has 3 rings (SSSR count). The molecule has 0 bridgehead atoms. The van der Waals surface area contributed by atoms with Crippen LogP contribution in [-0.2, 0) is 9.59 Å². The molecule has 0 radical (unpaired) electrons. The molecule has 1 N–H and O–H groups in total. The van der Waals surface area contributed by atoms with E-state index in [0.29, 0.717) is 25.6 Å². The number of nitrogens with one attached hydrogen (secondary N) is 1. The molecule has 0 unspecified atom stereocenters. The monoisotopic (exact) mass is 316 g/mol. The average Bonchev–Trinajstić information content (AvgIpc) is 2.66. The summed E-state index contributed by atoms with van der Waals surface area (Å²) in [7, 11) is 2.06. The molecule has 1 aromatic rings. The maximum atomic E-state index is 12.9. The van der Waals surface area contributed by atoms with Gasteiger partial charge in [-0.1, -0.05) is 19.1 Å². The predicted molar refractivity (Wildman–Crippen MR) is 90.7 cm³/mol. The minimum Gasteiger partial charge on any atom is -0.373 e. The average molecular weight is 316 g/mol. The molecule has 2 amide bonds. The third kappa shape index (κ3) is 3.32. The van der Waals surface area contributed by atoms with Crippen molar-refractivity contribution in [3.8, 4) is 0 Å². The maximum Gasteiger partial charge on any atom is 0.246 e. The molecule has 0 aliphatic carbocycles. The van der Waals surface area contributed by atoms with Crippen LogP contribution in [0.15, 0.2) is 24.3 Å². The SMILES string of the molecule is C[C@@H]1CN(C)c2ccccc2N(C(=O)CN2CCNCC2=O)C1. The van der Waals surface area contributed by atoms with Crippen LogP contribution in [-0.4, -0.2) is 63.0 Å². The topological polar surface area (TPSA) is 55.9 Å². The van der Waals surface area contributed by atoms with Crippen molar-refractivity contribution in [1.82, 2.24) is 10.2 Å². The minimum absolute atomic E-state index is 0.00197. The van der Waals surface area contributed by atoms with Crippen LogP contribution in [0.25, 0.3) is 0 Å². The van der Waals surface area contributed by atoms with E-state index in [4.69, 9.17) is 0 Å². The van der Waals surface area contributed by atoms with Gasteiger partial charge in [0.2, 0.25) is 11.8 Å². The number of benzene rings is 1. The summed E-state index contributed by atoms with van der Waals surface area (Å²) in [6, 6.07) is 7.98. The first-order valence-electron chi connectivity index (χ1n) is 8.15. The molecule has 0 saturated carbocycles. The number of piperazine rings is 1. The van der Waals surface area contributed by atoms with Crippen LogP contribution in [0.1, 0.15) is 6.92 Å². The highest BCUT2D eigenvalue weighted by molar-refractivity contribution is 6.00. The number of carbonyl (C=O) groups excluding carboxylic acids is 2. The minimum atomic E-state index is -0.00477. The van der Waals surface area contributed by atoms with Crippen molar-refractivity contribution in [2.75, 3.05) is 56.1 Å². The lowest BCUT2D eigenvalue weighted by molar-refractivity contribution is -0.136. The Kier molecular flexibility index (Phi) is 4.52. The number of nitrogens with zero attached hydrogens (tertiary/aromatic N) is 3. The molecule has 2 heterocycles. The molecule has 124 valence electrons. The van der Waals surface area contributed by atoms with Gasteiger partial charge in [0.1, 0.15) is 6.54 Å². The van der Waals surface area contributed by atoms with Crippen LogP contribution >= 0.6 is 0 Å². The molecule has 23 heavy (non-hydrogen) atoms. The van der Waals surface area contributed by atoms with Crippen LogP contribution in [0, 0.1) is 5.92 Å². The van der Waals surface area contributed by atoms with Gasteiger partial charge in [0.25, 0.3) is 0 Å². The highest BCUT2D eigenvalue weighted by atomic mass is 16.2. The molecule has 0 spiro atoms. The molecule has 0 aromatic heterocycles. The lowest BCUT2D eigenvalue weighted by Crippen LogP contribution is -2.52. The second kappa shape index (κ2) is 6.58. The number of hydrogen-bond donors (Lipinski definition) is 1. The van der Waals surface area contributed by atoms with Crippen molar-refractivity contribution in [2.24, 2.45) is 5.92 Å². The summed E-state index contributed by atoms with van der Waals surface area (Å²) in [5, 5.41) is 3.03. The Hall–Kier alpha value is -2.08. The fraction of sp³-hybridized carbons (Fsp3) is 0.529. The quantitative estimate of drug-likeness (QED) is 0.865. The van der Waals surface area contributed by atoms with Gasteiger partial charge in [0.05, 0.1) is 17.9 Å². The summed E-state index contributed by atoms with van der Waals surface area (Å²) in [4.78, 5) is 30.5. The third-order valence-electron chi connectivity index (χ3n) is 4.48. The highest BCUT2D eigenvalue weighted by Gasteiger charge is 2.29. The van der Waals surface area contributed by atoms with E-state index in [-0.39, 0.29) is 18.4 Å². The number of carbonyl (C=O) groups is 2. The van der Waals surface area contributed by atoms with Gasteiger partial charge in [-0.25, -0.2) is 0 Å².